The van der Waals surface area contributed by atoms with Crippen molar-refractivity contribution < 1.29 is 19.0 Å². The molecule has 0 heterocycles. The standard InChI is InChI=1S/C17H22F2O2/c1-17-6-5-10(7-12(17)3-2-4-15(17)20)11-8-13(18)16(21)14(19)9-11/h8-10,12,15,20-21H,2-7H2,1H3/t10-,12-,15-,17-/m0/s1. The molecular weight excluding hydrogens is 274 g/mol. The van der Waals surface area contributed by atoms with Gasteiger partial charge >= 0.3 is 0 Å². The van der Waals surface area contributed by atoms with E-state index in [9.17, 15) is 19.0 Å². The van der Waals surface area contributed by atoms with Gasteiger partial charge in [-0.25, -0.2) is 8.78 Å². The predicted octanol–water partition coefficient (Wildman–Crippen LogP) is 4.11. The average Bonchev–Trinajstić information content (AvgIpc) is 2.45. The highest BCUT2D eigenvalue weighted by atomic mass is 19.1. The lowest BCUT2D eigenvalue weighted by Crippen LogP contribution is -2.45. The van der Waals surface area contributed by atoms with Crippen LogP contribution in [0.1, 0.15) is 56.9 Å². The molecule has 2 fully saturated rings. The van der Waals surface area contributed by atoms with E-state index in [0.29, 0.717) is 11.5 Å². The van der Waals surface area contributed by atoms with Crippen molar-refractivity contribution in [3.8, 4) is 5.75 Å². The van der Waals surface area contributed by atoms with Crippen molar-refractivity contribution in [3.63, 3.8) is 0 Å². The first kappa shape index (κ1) is 14.8. The van der Waals surface area contributed by atoms with Crippen molar-refractivity contribution >= 4 is 0 Å². The summed E-state index contributed by atoms with van der Waals surface area (Å²) in [5.74, 6) is -2.16. The van der Waals surface area contributed by atoms with Gasteiger partial charge in [0.25, 0.3) is 0 Å². The van der Waals surface area contributed by atoms with Crippen LogP contribution in [-0.4, -0.2) is 16.3 Å². The number of rotatable bonds is 1. The highest BCUT2D eigenvalue weighted by Gasteiger charge is 2.46. The van der Waals surface area contributed by atoms with Crippen LogP contribution < -0.4 is 0 Å². The minimum atomic E-state index is -0.896. The van der Waals surface area contributed by atoms with Gasteiger partial charge in [-0.2, -0.15) is 0 Å². The summed E-state index contributed by atoms with van der Waals surface area (Å²) in [6.45, 7) is 2.15. The molecule has 3 rings (SSSR count). The average molecular weight is 296 g/mol. The van der Waals surface area contributed by atoms with Crippen LogP contribution in [0.2, 0.25) is 0 Å². The van der Waals surface area contributed by atoms with E-state index in [-0.39, 0.29) is 17.4 Å². The molecule has 4 heteroatoms. The Labute approximate surface area is 123 Å². The number of phenolic OH excluding ortho intramolecular Hbond substituents is 1. The third-order valence-corrected chi connectivity index (χ3v) is 5.84. The molecule has 0 spiro atoms. The van der Waals surface area contributed by atoms with E-state index in [0.717, 1.165) is 38.5 Å². The molecule has 2 aliphatic carbocycles. The summed E-state index contributed by atoms with van der Waals surface area (Å²) < 4.78 is 27.1. The second-order valence-electron chi connectivity index (χ2n) is 6.95. The molecule has 0 aliphatic heterocycles. The van der Waals surface area contributed by atoms with E-state index in [1.54, 1.807) is 0 Å². The van der Waals surface area contributed by atoms with Gasteiger partial charge in [0.1, 0.15) is 0 Å². The zero-order chi connectivity index (χ0) is 15.2. The van der Waals surface area contributed by atoms with Gasteiger partial charge in [0.05, 0.1) is 6.10 Å². The van der Waals surface area contributed by atoms with Crippen LogP contribution in [0.4, 0.5) is 8.78 Å². The third-order valence-electron chi connectivity index (χ3n) is 5.84. The topological polar surface area (TPSA) is 40.5 Å². The summed E-state index contributed by atoms with van der Waals surface area (Å²) in [4.78, 5) is 0. The van der Waals surface area contributed by atoms with E-state index in [4.69, 9.17) is 0 Å². The fraction of sp³-hybridized carbons (Fsp3) is 0.647. The Hall–Kier alpha value is -1.16. The highest BCUT2D eigenvalue weighted by molar-refractivity contribution is 5.32. The number of phenols is 1. The van der Waals surface area contributed by atoms with Gasteiger partial charge in [-0.05, 0) is 67.1 Å². The Morgan fingerprint density at radius 2 is 1.81 bits per heavy atom. The molecule has 0 aromatic heterocycles. The number of aromatic hydroxyl groups is 1. The molecule has 0 saturated heterocycles. The van der Waals surface area contributed by atoms with Crippen molar-refractivity contribution in [1.29, 1.82) is 0 Å². The van der Waals surface area contributed by atoms with Gasteiger partial charge < -0.3 is 10.2 Å². The number of aliphatic hydroxyl groups is 1. The zero-order valence-electron chi connectivity index (χ0n) is 12.3. The lowest BCUT2D eigenvalue weighted by Gasteiger charge is -2.50. The molecule has 2 nitrogen and oxygen atoms in total. The van der Waals surface area contributed by atoms with Crippen LogP contribution in [0.5, 0.6) is 5.75 Å². The lowest BCUT2D eigenvalue weighted by atomic mass is 9.56. The summed E-state index contributed by atoms with van der Waals surface area (Å²) in [5, 5.41) is 19.5. The number of aliphatic hydroxyl groups excluding tert-OH is 1. The van der Waals surface area contributed by atoms with E-state index < -0.39 is 17.4 Å². The minimum Gasteiger partial charge on any atom is -0.503 e. The molecule has 0 bridgehead atoms. The second kappa shape index (κ2) is 5.24. The monoisotopic (exact) mass is 296 g/mol. The van der Waals surface area contributed by atoms with Crippen LogP contribution in [-0.2, 0) is 0 Å². The molecule has 21 heavy (non-hydrogen) atoms. The normalized spacial score (nSPS) is 36.3. The van der Waals surface area contributed by atoms with E-state index in [1.165, 1.54) is 12.1 Å². The number of hydrogen-bond acceptors (Lipinski definition) is 2. The predicted molar refractivity (Wildman–Crippen MR) is 76.1 cm³/mol. The van der Waals surface area contributed by atoms with Gasteiger partial charge in [-0.3, -0.25) is 0 Å². The molecule has 1 aromatic rings. The van der Waals surface area contributed by atoms with Crippen LogP contribution >= 0.6 is 0 Å². The maximum atomic E-state index is 13.5. The number of halogens is 2. The van der Waals surface area contributed by atoms with Crippen molar-refractivity contribution in [2.24, 2.45) is 11.3 Å². The molecule has 0 unspecified atom stereocenters. The summed E-state index contributed by atoms with van der Waals surface area (Å²) >= 11 is 0. The Balaban J connectivity index is 1.84. The lowest BCUT2D eigenvalue weighted by molar-refractivity contribution is -0.0695. The van der Waals surface area contributed by atoms with Crippen molar-refractivity contribution in [3.05, 3.63) is 29.3 Å². The third kappa shape index (κ3) is 2.44. The molecule has 0 amide bonds. The number of benzene rings is 1. The summed E-state index contributed by atoms with van der Waals surface area (Å²) in [5.41, 5.74) is 0.577. The van der Waals surface area contributed by atoms with Crippen molar-refractivity contribution in [2.45, 2.75) is 57.5 Å². The largest absolute Gasteiger partial charge is 0.503 e. The fourth-order valence-electron chi connectivity index (χ4n) is 4.32. The first-order chi connectivity index (χ1) is 9.91. The van der Waals surface area contributed by atoms with Gasteiger partial charge in [0.15, 0.2) is 17.4 Å². The van der Waals surface area contributed by atoms with Gasteiger partial charge in [-0.1, -0.05) is 13.3 Å². The van der Waals surface area contributed by atoms with Gasteiger partial charge in [0.2, 0.25) is 0 Å². The Bertz CT molecular complexity index is 523. The van der Waals surface area contributed by atoms with Crippen LogP contribution in [0.25, 0.3) is 0 Å². The van der Waals surface area contributed by atoms with E-state index in [1.807, 2.05) is 0 Å². The van der Waals surface area contributed by atoms with Gasteiger partial charge in [0, 0.05) is 0 Å². The maximum absolute atomic E-state index is 13.5. The molecular formula is C17H22F2O2. The van der Waals surface area contributed by atoms with Crippen molar-refractivity contribution in [1.82, 2.24) is 0 Å². The second-order valence-corrected chi connectivity index (χ2v) is 6.95. The summed E-state index contributed by atoms with van der Waals surface area (Å²) in [7, 11) is 0. The Kier molecular flexibility index (Phi) is 3.68. The summed E-state index contributed by atoms with van der Waals surface area (Å²) in [6.07, 6.45) is 5.27. The first-order valence-electron chi connectivity index (χ1n) is 7.78. The first-order valence-corrected chi connectivity index (χ1v) is 7.78. The maximum Gasteiger partial charge on any atom is 0.187 e. The van der Waals surface area contributed by atoms with Crippen LogP contribution in [0, 0.1) is 23.0 Å². The molecule has 2 N–H and O–H groups in total. The number of fused-ring (bicyclic) bond motifs is 1. The van der Waals surface area contributed by atoms with E-state index >= 15 is 0 Å². The smallest absolute Gasteiger partial charge is 0.187 e. The summed E-state index contributed by atoms with van der Waals surface area (Å²) in [6, 6.07) is 2.51. The highest BCUT2D eigenvalue weighted by Crippen LogP contribution is 2.54. The molecule has 2 saturated carbocycles. The molecule has 2 aliphatic rings. The minimum absolute atomic E-state index is 0.0528. The molecule has 0 radical (unpaired) electrons. The van der Waals surface area contributed by atoms with Crippen LogP contribution in [0.15, 0.2) is 12.1 Å². The van der Waals surface area contributed by atoms with Gasteiger partial charge in [-0.15, -0.1) is 0 Å². The zero-order valence-corrected chi connectivity index (χ0v) is 12.3. The fourth-order valence-corrected chi connectivity index (χ4v) is 4.32. The number of hydrogen-bond donors (Lipinski definition) is 2. The molecule has 116 valence electrons. The van der Waals surface area contributed by atoms with E-state index in [2.05, 4.69) is 6.92 Å². The molecule has 4 atom stereocenters. The quantitative estimate of drug-likeness (QED) is 0.819. The molecule has 1 aromatic carbocycles. The Morgan fingerprint density at radius 1 is 1.14 bits per heavy atom. The SMILES string of the molecule is C[C@]12CC[C@H](c3cc(F)c(O)c(F)c3)C[C@@H]1CCC[C@@H]2O. The van der Waals surface area contributed by atoms with Crippen molar-refractivity contribution in [2.75, 3.05) is 0 Å². The Morgan fingerprint density at radius 3 is 2.48 bits per heavy atom. The van der Waals surface area contributed by atoms with Crippen LogP contribution in [0.3, 0.4) is 0 Å².